The summed E-state index contributed by atoms with van der Waals surface area (Å²) in [7, 11) is 0. The minimum absolute atomic E-state index is 0.200. The van der Waals surface area contributed by atoms with Crippen molar-refractivity contribution in [3.63, 3.8) is 0 Å². The maximum absolute atomic E-state index is 10.3. The standard InChI is InChI=1S/C12H21N3O2/c1-5-14-11(13)15-7-12(4,16)10-6-8(2)17-9(10)3/h6,16H,5,7H2,1-4H3,(H3,13,14,15). The van der Waals surface area contributed by atoms with Gasteiger partial charge in [-0.2, -0.15) is 0 Å². The van der Waals surface area contributed by atoms with Crippen LogP contribution in [0.25, 0.3) is 0 Å². The van der Waals surface area contributed by atoms with Crippen molar-refractivity contribution >= 4 is 5.96 Å². The van der Waals surface area contributed by atoms with Gasteiger partial charge in [0.1, 0.15) is 17.1 Å². The summed E-state index contributed by atoms with van der Waals surface area (Å²) in [5.74, 6) is 1.83. The molecule has 17 heavy (non-hydrogen) atoms. The minimum atomic E-state index is -1.07. The number of aliphatic imine (C=N–C) groups is 1. The number of rotatable bonds is 4. The number of guanidine groups is 1. The lowest BCUT2D eigenvalue weighted by molar-refractivity contribution is 0.0657. The second-order valence-electron chi connectivity index (χ2n) is 4.33. The van der Waals surface area contributed by atoms with Crippen LogP contribution < -0.4 is 11.1 Å². The quantitative estimate of drug-likeness (QED) is 0.541. The van der Waals surface area contributed by atoms with Gasteiger partial charge in [-0.05, 0) is 33.8 Å². The van der Waals surface area contributed by atoms with E-state index < -0.39 is 5.60 Å². The Kier molecular flexibility index (Phi) is 4.17. The average molecular weight is 239 g/mol. The molecule has 1 atom stereocenters. The van der Waals surface area contributed by atoms with Gasteiger partial charge in [0.15, 0.2) is 5.96 Å². The van der Waals surface area contributed by atoms with Gasteiger partial charge in [0.25, 0.3) is 0 Å². The van der Waals surface area contributed by atoms with Crippen molar-refractivity contribution < 1.29 is 9.52 Å². The van der Waals surface area contributed by atoms with E-state index >= 15 is 0 Å². The summed E-state index contributed by atoms with van der Waals surface area (Å²) >= 11 is 0. The Hall–Kier alpha value is -1.49. The first-order valence-corrected chi connectivity index (χ1v) is 5.70. The molecule has 5 heteroatoms. The largest absolute Gasteiger partial charge is 0.466 e. The van der Waals surface area contributed by atoms with Crippen molar-refractivity contribution in [1.29, 1.82) is 0 Å². The summed E-state index contributed by atoms with van der Waals surface area (Å²) in [5.41, 5.74) is 5.30. The van der Waals surface area contributed by atoms with E-state index in [9.17, 15) is 5.11 Å². The van der Waals surface area contributed by atoms with Crippen LogP contribution in [0.2, 0.25) is 0 Å². The van der Waals surface area contributed by atoms with Crippen LogP contribution in [0.4, 0.5) is 0 Å². The summed E-state index contributed by atoms with van der Waals surface area (Å²) in [5, 5.41) is 13.2. The van der Waals surface area contributed by atoms with Crippen LogP contribution in [-0.4, -0.2) is 24.2 Å². The van der Waals surface area contributed by atoms with Gasteiger partial charge in [-0.3, -0.25) is 4.99 Å². The molecule has 0 bridgehead atoms. The summed E-state index contributed by atoms with van der Waals surface area (Å²) in [6.45, 7) is 8.22. The van der Waals surface area contributed by atoms with Crippen LogP contribution in [0.15, 0.2) is 15.5 Å². The minimum Gasteiger partial charge on any atom is -0.466 e. The van der Waals surface area contributed by atoms with Crippen molar-refractivity contribution in [3.05, 3.63) is 23.2 Å². The highest BCUT2D eigenvalue weighted by molar-refractivity contribution is 5.77. The average Bonchev–Trinajstić information content (AvgIpc) is 2.56. The second kappa shape index (κ2) is 5.23. The Morgan fingerprint density at radius 1 is 1.59 bits per heavy atom. The molecule has 0 aliphatic heterocycles. The zero-order chi connectivity index (χ0) is 13.1. The monoisotopic (exact) mass is 239 g/mol. The Bertz CT molecular complexity index is 408. The first kappa shape index (κ1) is 13.6. The zero-order valence-corrected chi connectivity index (χ0v) is 10.9. The molecule has 0 spiro atoms. The predicted octanol–water partition coefficient (Wildman–Crippen LogP) is 1.03. The molecule has 0 aliphatic rings. The van der Waals surface area contributed by atoms with Crippen LogP contribution in [0, 0.1) is 13.8 Å². The number of aryl methyl sites for hydroxylation is 2. The molecule has 0 radical (unpaired) electrons. The van der Waals surface area contributed by atoms with Crippen LogP contribution in [0.5, 0.6) is 0 Å². The van der Waals surface area contributed by atoms with E-state index in [-0.39, 0.29) is 6.54 Å². The van der Waals surface area contributed by atoms with Gasteiger partial charge >= 0.3 is 0 Å². The van der Waals surface area contributed by atoms with Gasteiger partial charge < -0.3 is 20.6 Å². The Morgan fingerprint density at radius 2 is 2.24 bits per heavy atom. The lowest BCUT2D eigenvalue weighted by Gasteiger charge is -2.20. The normalized spacial score (nSPS) is 15.7. The molecule has 0 fully saturated rings. The van der Waals surface area contributed by atoms with Gasteiger partial charge in [-0.1, -0.05) is 0 Å². The van der Waals surface area contributed by atoms with E-state index in [1.165, 1.54) is 0 Å². The summed E-state index contributed by atoms with van der Waals surface area (Å²) in [4.78, 5) is 4.10. The number of nitrogens with zero attached hydrogens (tertiary/aromatic N) is 1. The molecule has 0 aliphatic carbocycles. The first-order chi connectivity index (χ1) is 7.86. The molecule has 0 saturated carbocycles. The summed E-state index contributed by atoms with van der Waals surface area (Å²) in [6, 6.07) is 1.83. The fourth-order valence-electron chi connectivity index (χ4n) is 1.73. The zero-order valence-electron chi connectivity index (χ0n) is 10.9. The highest BCUT2D eigenvalue weighted by atomic mass is 16.3. The molecular formula is C12H21N3O2. The van der Waals surface area contributed by atoms with Crippen molar-refractivity contribution in [2.75, 3.05) is 13.1 Å². The molecule has 5 nitrogen and oxygen atoms in total. The second-order valence-corrected chi connectivity index (χ2v) is 4.33. The molecular weight excluding hydrogens is 218 g/mol. The van der Waals surface area contributed by atoms with Crippen molar-refractivity contribution in [1.82, 2.24) is 5.32 Å². The van der Waals surface area contributed by atoms with Gasteiger partial charge in [-0.25, -0.2) is 0 Å². The number of nitrogens with two attached hydrogens (primary N) is 1. The van der Waals surface area contributed by atoms with E-state index in [0.29, 0.717) is 18.3 Å². The number of hydrogen-bond acceptors (Lipinski definition) is 3. The molecule has 4 N–H and O–H groups in total. The number of hydrogen-bond donors (Lipinski definition) is 3. The van der Waals surface area contributed by atoms with Crippen molar-refractivity contribution in [2.45, 2.75) is 33.3 Å². The van der Waals surface area contributed by atoms with Gasteiger partial charge in [0.2, 0.25) is 0 Å². The summed E-state index contributed by atoms with van der Waals surface area (Å²) < 4.78 is 5.40. The Labute approximate surface area is 102 Å². The van der Waals surface area contributed by atoms with Gasteiger partial charge in [-0.15, -0.1) is 0 Å². The predicted molar refractivity (Wildman–Crippen MR) is 67.9 cm³/mol. The Morgan fingerprint density at radius 3 is 2.71 bits per heavy atom. The molecule has 1 unspecified atom stereocenters. The lowest BCUT2D eigenvalue weighted by atomic mass is 9.96. The molecule has 0 aromatic carbocycles. The van der Waals surface area contributed by atoms with E-state index in [1.54, 1.807) is 6.92 Å². The Balaban J connectivity index is 2.81. The lowest BCUT2D eigenvalue weighted by Crippen LogP contribution is -2.34. The van der Waals surface area contributed by atoms with E-state index in [2.05, 4.69) is 10.3 Å². The fourth-order valence-corrected chi connectivity index (χ4v) is 1.73. The number of aliphatic hydroxyl groups is 1. The topological polar surface area (TPSA) is 83.8 Å². The highest BCUT2D eigenvalue weighted by Gasteiger charge is 2.27. The third kappa shape index (κ3) is 3.49. The summed E-state index contributed by atoms with van der Waals surface area (Å²) in [6.07, 6.45) is 0. The third-order valence-electron chi connectivity index (χ3n) is 2.54. The number of furan rings is 1. The van der Waals surface area contributed by atoms with Crippen LogP contribution in [0.1, 0.15) is 30.9 Å². The van der Waals surface area contributed by atoms with E-state index in [1.807, 2.05) is 26.8 Å². The maximum atomic E-state index is 10.3. The molecule has 1 heterocycles. The number of nitrogens with one attached hydrogen (secondary N) is 1. The SMILES string of the molecule is CCNC(N)=NCC(C)(O)c1cc(C)oc1C. The highest BCUT2D eigenvalue weighted by Crippen LogP contribution is 2.27. The van der Waals surface area contributed by atoms with Crippen molar-refractivity contribution in [2.24, 2.45) is 10.7 Å². The van der Waals surface area contributed by atoms with Crippen LogP contribution in [-0.2, 0) is 5.60 Å². The van der Waals surface area contributed by atoms with Crippen molar-refractivity contribution in [3.8, 4) is 0 Å². The fraction of sp³-hybridized carbons (Fsp3) is 0.583. The smallest absolute Gasteiger partial charge is 0.188 e. The molecule has 96 valence electrons. The molecule has 0 amide bonds. The van der Waals surface area contributed by atoms with E-state index in [0.717, 1.165) is 11.3 Å². The first-order valence-electron chi connectivity index (χ1n) is 5.70. The molecule has 1 rings (SSSR count). The van der Waals surface area contributed by atoms with E-state index in [4.69, 9.17) is 10.2 Å². The third-order valence-corrected chi connectivity index (χ3v) is 2.54. The molecule has 0 saturated heterocycles. The van der Waals surface area contributed by atoms with Gasteiger partial charge in [0, 0.05) is 12.1 Å². The van der Waals surface area contributed by atoms with Crippen LogP contribution >= 0.6 is 0 Å². The molecule has 1 aromatic heterocycles. The van der Waals surface area contributed by atoms with Gasteiger partial charge in [0.05, 0.1) is 6.54 Å². The maximum Gasteiger partial charge on any atom is 0.188 e. The van der Waals surface area contributed by atoms with Crippen LogP contribution in [0.3, 0.4) is 0 Å². The molecule has 1 aromatic rings.